The number of hydrogen-bond donors (Lipinski definition) is 2. The van der Waals surface area contributed by atoms with Gasteiger partial charge in [0.15, 0.2) is 12.1 Å². The van der Waals surface area contributed by atoms with Gasteiger partial charge in [-0.2, -0.15) is 0 Å². The third-order valence-corrected chi connectivity index (χ3v) is 9.56. The van der Waals surface area contributed by atoms with E-state index in [0.29, 0.717) is 37.4 Å². The van der Waals surface area contributed by atoms with Crippen molar-refractivity contribution in [3.05, 3.63) is 101 Å². The minimum atomic E-state index is -1.04. The summed E-state index contributed by atoms with van der Waals surface area (Å²) in [5.41, 5.74) is 3.61. The van der Waals surface area contributed by atoms with Crippen LogP contribution in [0.1, 0.15) is 60.3 Å². The molecule has 4 aliphatic heterocycles. The molecule has 12 nitrogen and oxygen atoms in total. The number of anilines is 1. The summed E-state index contributed by atoms with van der Waals surface area (Å²) in [4.78, 5) is 42.4. The van der Waals surface area contributed by atoms with E-state index in [9.17, 15) is 19.5 Å². The van der Waals surface area contributed by atoms with Gasteiger partial charge in [0.2, 0.25) is 5.91 Å². The lowest BCUT2D eigenvalue weighted by atomic mass is 9.98. The Labute approximate surface area is 284 Å². The maximum absolute atomic E-state index is 13.4. The van der Waals surface area contributed by atoms with Gasteiger partial charge in [0, 0.05) is 44.5 Å². The molecule has 0 radical (unpaired) electrons. The van der Waals surface area contributed by atoms with Crippen LogP contribution in [0.25, 0.3) is 0 Å². The average Bonchev–Trinajstić information content (AvgIpc) is 3.71. The molecule has 0 aliphatic carbocycles. The molecule has 0 aromatic heterocycles. The van der Waals surface area contributed by atoms with E-state index in [1.165, 1.54) is 0 Å². The molecule has 2 N–H and O–H groups in total. The Kier molecular flexibility index (Phi) is 10.0. The average molecular weight is 672 g/mol. The number of piperidine rings is 1. The van der Waals surface area contributed by atoms with Crippen LogP contribution in [-0.4, -0.2) is 78.7 Å². The molecular weight excluding hydrogens is 630 g/mol. The van der Waals surface area contributed by atoms with Crippen molar-refractivity contribution < 1.29 is 43.2 Å². The normalized spacial score (nSPS) is 25.5. The van der Waals surface area contributed by atoms with Gasteiger partial charge in [0.25, 0.3) is 5.91 Å². The molecule has 4 heterocycles. The van der Waals surface area contributed by atoms with Gasteiger partial charge in [-0.05, 0) is 28.8 Å². The summed E-state index contributed by atoms with van der Waals surface area (Å²) in [6.45, 7) is 3.61. The predicted molar refractivity (Wildman–Crippen MR) is 176 cm³/mol. The molecule has 4 fully saturated rings. The molecule has 3 aromatic carbocycles. The number of nitrogens with one attached hydrogen (secondary N) is 1. The minimum Gasteiger partial charge on any atom is -0.445 e. The van der Waals surface area contributed by atoms with Crippen LogP contribution >= 0.6 is 0 Å². The molecule has 4 atom stereocenters. The first-order valence-corrected chi connectivity index (χ1v) is 16.8. The smallest absolute Gasteiger partial charge is 0.408 e. The van der Waals surface area contributed by atoms with Crippen molar-refractivity contribution in [3.8, 4) is 0 Å². The van der Waals surface area contributed by atoms with Crippen LogP contribution in [0.4, 0.5) is 10.5 Å². The zero-order valence-corrected chi connectivity index (χ0v) is 27.2. The highest BCUT2D eigenvalue weighted by Gasteiger charge is 2.43. The molecule has 7 rings (SSSR count). The molecule has 0 bridgehead atoms. The summed E-state index contributed by atoms with van der Waals surface area (Å²) in [6, 6.07) is 22.9. The summed E-state index contributed by atoms with van der Waals surface area (Å²) in [5, 5.41) is 12.1. The molecule has 12 heteroatoms. The first-order valence-electron chi connectivity index (χ1n) is 16.8. The Morgan fingerprint density at radius 1 is 0.898 bits per heavy atom. The van der Waals surface area contributed by atoms with Gasteiger partial charge in [-0.3, -0.25) is 9.59 Å². The quantitative estimate of drug-likeness (QED) is 0.320. The van der Waals surface area contributed by atoms with Crippen LogP contribution in [0, 0.1) is 0 Å². The number of amides is 3. The Morgan fingerprint density at radius 2 is 1.65 bits per heavy atom. The van der Waals surface area contributed by atoms with Crippen molar-refractivity contribution in [2.24, 2.45) is 0 Å². The first-order chi connectivity index (χ1) is 23.9. The Morgan fingerprint density at radius 3 is 2.39 bits per heavy atom. The fourth-order valence-corrected chi connectivity index (χ4v) is 6.92. The maximum atomic E-state index is 13.4. The van der Waals surface area contributed by atoms with Gasteiger partial charge in [0.1, 0.15) is 12.6 Å². The Balaban J connectivity index is 1.04. The fourth-order valence-electron chi connectivity index (χ4n) is 6.92. The monoisotopic (exact) mass is 671 g/mol. The van der Waals surface area contributed by atoms with Crippen molar-refractivity contribution >= 4 is 23.6 Å². The largest absolute Gasteiger partial charge is 0.445 e. The van der Waals surface area contributed by atoms with E-state index < -0.39 is 36.0 Å². The number of carbonyl (C=O) groups is 3. The third-order valence-electron chi connectivity index (χ3n) is 9.56. The van der Waals surface area contributed by atoms with Crippen LogP contribution in [0.2, 0.25) is 0 Å². The number of rotatable bonds is 9. The zero-order chi connectivity index (χ0) is 33.8. The summed E-state index contributed by atoms with van der Waals surface area (Å²) < 4.78 is 30.2. The number of ether oxygens (including phenoxy) is 5. The maximum Gasteiger partial charge on any atom is 0.408 e. The SMILES string of the molecule is O=C(NC1CC(=O)N(c2cccc(C3OC(CN4CCC5(CC4)OCCO5)CC(c4ccc(CO)cc4)O3)c2)C1=O)OCc1ccccc1. The second-order valence-electron chi connectivity index (χ2n) is 12.9. The van der Waals surface area contributed by atoms with Crippen molar-refractivity contribution in [2.75, 3.05) is 37.7 Å². The lowest BCUT2D eigenvalue weighted by molar-refractivity contribution is -0.255. The summed E-state index contributed by atoms with van der Waals surface area (Å²) >= 11 is 0. The highest BCUT2D eigenvalue weighted by atomic mass is 16.7. The van der Waals surface area contributed by atoms with Gasteiger partial charge in [-0.25, -0.2) is 9.69 Å². The van der Waals surface area contributed by atoms with Gasteiger partial charge in [-0.15, -0.1) is 0 Å². The fraction of sp³-hybridized carbons (Fsp3) is 0.432. The number of aliphatic hydroxyl groups excluding tert-OH is 1. The third kappa shape index (κ3) is 7.70. The number of hydrogen-bond acceptors (Lipinski definition) is 10. The molecule has 49 heavy (non-hydrogen) atoms. The van der Waals surface area contributed by atoms with Gasteiger partial charge >= 0.3 is 6.09 Å². The van der Waals surface area contributed by atoms with E-state index in [-0.39, 0.29) is 31.8 Å². The molecule has 4 unspecified atom stereocenters. The van der Waals surface area contributed by atoms with Crippen LogP contribution in [-0.2, 0) is 46.5 Å². The lowest BCUT2D eigenvalue weighted by Crippen LogP contribution is -2.48. The molecule has 258 valence electrons. The lowest BCUT2D eigenvalue weighted by Gasteiger charge is -2.42. The Bertz CT molecular complexity index is 1620. The van der Waals surface area contributed by atoms with Gasteiger partial charge in [-0.1, -0.05) is 66.7 Å². The second-order valence-corrected chi connectivity index (χ2v) is 12.9. The minimum absolute atomic E-state index is 0.0453. The number of aliphatic hydroxyl groups is 1. The van der Waals surface area contributed by atoms with E-state index >= 15 is 0 Å². The van der Waals surface area contributed by atoms with E-state index in [0.717, 1.165) is 47.5 Å². The Hall–Kier alpha value is -4.17. The molecule has 4 saturated heterocycles. The summed E-state index contributed by atoms with van der Waals surface area (Å²) in [7, 11) is 0. The number of likely N-dealkylation sites (tertiary alicyclic amines) is 1. The van der Waals surface area contributed by atoms with Crippen molar-refractivity contribution in [1.29, 1.82) is 0 Å². The number of nitrogens with zero attached hydrogens (tertiary/aromatic N) is 2. The first kappa shape index (κ1) is 33.3. The molecule has 4 aliphatic rings. The summed E-state index contributed by atoms with van der Waals surface area (Å²) in [6.07, 6.45) is 0.0392. The number of benzene rings is 3. The van der Waals surface area contributed by atoms with Crippen LogP contribution in [0.3, 0.4) is 0 Å². The zero-order valence-electron chi connectivity index (χ0n) is 27.2. The molecule has 3 amide bonds. The number of carbonyl (C=O) groups excluding carboxylic acids is 3. The molecule has 3 aromatic rings. The van der Waals surface area contributed by atoms with E-state index in [4.69, 9.17) is 23.7 Å². The molecule has 1 spiro atoms. The van der Waals surface area contributed by atoms with Crippen molar-refractivity contribution in [2.45, 2.75) is 69.2 Å². The highest BCUT2D eigenvalue weighted by Crippen LogP contribution is 2.40. The van der Waals surface area contributed by atoms with E-state index in [1.54, 1.807) is 18.2 Å². The van der Waals surface area contributed by atoms with Gasteiger partial charge in [0.05, 0.1) is 44.1 Å². The van der Waals surface area contributed by atoms with Crippen LogP contribution in [0.5, 0.6) is 0 Å². The molecule has 0 saturated carbocycles. The number of alkyl carbamates (subject to hydrolysis) is 1. The second kappa shape index (κ2) is 14.8. The van der Waals surface area contributed by atoms with Crippen LogP contribution < -0.4 is 10.2 Å². The van der Waals surface area contributed by atoms with Crippen LogP contribution in [0.15, 0.2) is 78.9 Å². The standard InChI is InChI=1S/C37H41N3O9/c41-23-25-9-11-27(12-10-25)32-20-30(22-39-15-13-37(14-16-39)46-17-18-47-37)48-35(49-32)28-7-4-8-29(19-28)40-33(42)21-31(34(40)43)38-36(44)45-24-26-5-2-1-3-6-26/h1-12,19,30-32,35,41H,13-18,20-24H2,(H,38,44). The van der Waals surface area contributed by atoms with Crippen molar-refractivity contribution in [1.82, 2.24) is 10.2 Å². The topological polar surface area (TPSA) is 136 Å². The van der Waals surface area contributed by atoms with E-state index in [1.807, 2.05) is 60.7 Å². The highest BCUT2D eigenvalue weighted by molar-refractivity contribution is 6.22. The predicted octanol–water partition coefficient (Wildman–Crippen LogP) is 4.12. The number of imide groups is 1. The van der Waals surface area contributed by atoms with Gasteiger partial charge < -0.3 is 39.0 Å². The molecular formula is C37H41N3O9. The van der Waals surface area contributed by atoms with Crippen molar-refractivity contribution in [3.63, 3.8) is 0 Å². The van der Waals surface area contributed by atoms with E-state index in [2.05, 4.69) is 10.2 Å². The summed E-state index contributed by atoms with van der Waals surface area (Å²) in [5.74, 6) is -1.44.